The van der Waals surface area contributed by atoms with Crippen LogP contribution in [0.5, 0.6) is 5.75 Å². The SMILES string of the molecule is COc1cc(C)c(C)cc1S(=O)(=O)Nc1ccc(N2CCC(C)CC2)cn1. The molecule has 2 aromatic rings. The van der Waals surface area contributed by atoms with Gasteiger partial charge in [0, 0.05) is 13.1 Å². The first-order valence-electron chi connectivity index (χ1n) is 9.19. The molecule has 0 aliphatic carbocycles. The number of benzene rings is 1. The van der Waals surface area contributed by atoms with Crippen LogP contribution < -0.4 is 14.4 Å². The average Bonchev–Trinajstić information content (AvgIpc) is 2.64. The highest BCUT2D eigenvalue weighted by molar-refractivity contribution is 7.92. The number of aryl methyl sites for hydroxylation is 2. The normalized spacial score (nSPS) is 15.6. The second-order valence-corrected chi connectivity index (χ2v) is 8.91. The van der Waals surface area contributed by atoms with Crippen LogP contribution in [0.25, 0.3) is 0 Å². The summed E-state index contributed by atoms with van der Waals surface area (Å²) in [5, 5.41) is 0. The highest BCUT2D eigenvalue weighted by atomic mass is 32.2. The number of ether oxygens (including phenoxy) is 1. The van der Waals surface area contributed by atoms with Crippen molar-refractivity contribution in [2.45, 2.75) is 38.5 Å². The van der Waals surface area contributed by atoms with E-state index in [9.17, 15) is 8.42 Å². The number of rotatable bonds is 5. The first kappa shape index (κ1) is 19.5. The number of methoxy groups -OCH3 is 1. The van der Waals surface area contributed by atoms with Gasteiger partial charge in [-0.25, -0.2) is 13.4 Å². The number of nitrogens with one attached hydrogen (secondary N) is 1. The Morgan fingerprint density at radius 1 is 1.15 bits per heavy atom. The van der Waals surface area contributed by atoms with Crippen molar-refractivity contribution in [3.8, 4) is 5.75 Å². The van der Waals surface area contributed by atoms with E-state index in [-0.39, 0.29) is 4.90 Å². The highest BCUT2D eigenvalue weighted by Gasteiger charge is 2.22. The lowest BCUT2D eigenvalue weighted by molar-refractivity contribution is 0.402. The monoisotopic (exact) mass is 389 g/mol. The molecule has 0 atom stereocenters. The molecule has 2 heterocycles. The van der Waals surface area contributed by atoms with Gasteiger partial charge in [0.15, 0.2) is 0 Å². The molecule has 1 aliphatic rings. The Labute approximate surface area is 161 Å². The van der Waals surface area contributed by atoms with E-state index >= 15 is 0 Å². The summed E-state index contributed by atoms with van der Waals surface area (Å²) in [5.74, 6) is 1.38. The van der Waals surface area contributed by atoms with Crippen molar-refractivity contribution in [2.24, 2.45) is 5.92 Å². The fourth-order valence-corrected chi connectivity index (χ4v) is 4.47. The lowest BCUT2D eigenvalue weighted by Gasteiger charge is -2.31. The summed E-state index contributed by atoms with van der Waals surface area (Å²) in [4.78, 5) is 6.71. The number of anilines is 2. The fraction of sp³-hybridized carbons (Fsp3) is 0.450. The Kier molecular flexibility index (Phi) is 5.60. The van der Waals surface area contributed by atoms with Crippen molar-refractivity contribution in [3.05, 3.63) is 41.6 Å². The molecule has 1 aliphatic heterocycles. The Bertz CT molecular complexity index is 903. The van der Waals surface area contributed by atoms with Gasteiger partial charge in [-0.1, -0.05) is 6.92 Å². The van der Waals surface area contributed by atoms with Gasteiger partial charge in [-0.15, -0.1) is 0 Å². The Balaban J connectivity index is 1.79. The summed E-state index contributed by atoms with van der Waals surface area (Å²) in [6.07, 6.45) is 4.06. The number of pyridine rings is 1. The summed E-state index contributed by atoms with van der Waals surface area (Å²) in [5.41, 5.74) is 2.89. The zero-order chi connectivity index (χ0) is 19.6. The molecule has 1 saturated heterocycles. The standard InChI is InChI=1S/C20H27N3O3S/c1-14-7-9-23(10-8-14)17-5-6-20(21-13-17)22-27(24,25)19-12-16(3)15(2)11-18(19)26-4/h5-6,11-14H,7-10H2,1-4H3,(H,21,22). The molecule has 0 radical (unpaired) electrons. The highest BCUT2D eigenvalue weighted by Crippen LogP contribution is 2.29. The number of nitrogens with zero attached hydrogens (tertiary/aromatic N) is 2. The van der Waals surface area contributed by atoms with E-state index in [1.807, 2.05) is 19.9 Å². The van der Waals surface area contributed by atoms with E-state index in [1.165, 1.54) is 20.0 Å². The van der Waals surface area contributed by atoms with Crippen molar-refractivity contribution in [3.63, 3.8) is 0 Å². The van der Waals surface area contributed by atoms with Gasteiger partial charge >= 0.3 is 0 Å². The van der Waals surface area contributed by atoms with Crippen LogP contribution >= 0.6 is 0 Å². The largest absolute Gasteiger partial charge is 0.495 e. The molecular weight excluding hydrogens is 362 g/mol. The lowest BCUT2D eigenvalue weighted by atomic mass is 9.99. The molecule has 146 valence electrons. The quantitative estimate of drug-likeness (QED) is 0.843. The number of sulfonamides is 1. The van der Waals surface area contributed by atoms with Crippen LogP contribution in [0.4, 0.5) is 11.5 Å². The summed E-state index contributed by atoms with van der Waals surface area (Å²) in [6, 6.07) is 6.98. The second-order valence-electron chi connectivity index (χ2n) is 7.26. The predicted octanol–water partition coefficient (Wildman–Crippen LogP) is 3.74. The molecule has 0 spiro atoms. The smallest absolute Gasteiger partial charge is 0.266 e. The number of hydrogen-bond donors (Lipinski definition) is 1. The van der Waals surface area contributed by atoms with Gasteiger partial charge in [-0.3, -0.25) is 4.72 Å². The van der Waals surface area contributed by atoms with Crippen LogP contribution in [0, 0.1) is 19.8 Å². The van der Waals surface area contributed by atoms with Crippen LogP contribution in [0.3, 0.4) is 0 Å². The fourth-order valence-electron chi connectivity index (χ4n) is 3.23. The van der Waals surface area contributed by atoms with Gasteiger partial charge in [0.1, 0.15) is 16.5 Å². The molecule has 1 N–H and O–H groups in total. The molecule has 1 aromatic heterocycles. The zero-order valence-electron chi connectivity index (χ0n) is 16.3. The van der Waals surface area contributed by atoms with Crippen LogP contribution in [-0.4, -0.2) is 33.6 Å². The Morgan fingerprint density at radius 3 is 2.41 bits per heavy atom. The molecule has 7 heteroatoms. The third-order valence-electron chi connectivity index (χ3n) is 5.21. The molecule has 0 bridgehead atoms. The molecule has 3 rings (SSSR count). The maximum Gasteiger partial charge on any atom is 0.266 e. The van der Waals surface area contributed by atoms with Crippen molar-refractivity contribution in [1.82, 2.24) is 4.98 Å². The van der Waals surface area contributed by atoms with Crippen molar-refractivity contribution >= 4 is 21.5 Å². The van der Waals surface area contributed by atoms with E-state index in [0.29, 0.717) is 11.6 Å². The maximum atomic E-state index is 12.8. The minimum Gasteiger partial charge on any atom is -0.495 e. The minimum atomic E-state index is -3.79. The molecule has 0 saturated carbocycles. The van der Waals surface area contributed by atoms with Gasteiger partial charge in [-0.2, -0.15) is 0 Å². The van der Waals surface area contributed by atoms with Gasteiger partial charge < -0.3 is 9.64 Å². The van der Waals surface area contributed by atoms with E-state index < -0.39 is 10.0 Å². The first-order valence-corrected chi connectivity index (χ1v) is 10.7. The Hall–Kier alpha value is -2.28. The van der Waals surface area contributed by atoms with Crippen LogP contribution in [0.1, 0.15) is 30.9 Å². The average molecular weight is 390 g/mol. The number of hydrogen-bond acceptors (Lipinski definition) is 5. The molecule has 1 aromatic carbocycles. The zero-order valence-corrected chi connectivity index (χ0v) is 17.1. The van der Waals surface area contributed by atoms with Crippen LogP contribution in [0.2, 0.25) is 0 Å². The second kappa shape index (κ2) is 7.76. The van der Waals surface area contributed by atoms with Crippen molar-refractivity contribution in [2.75, 3.05) is 29.8 Å². The van der Waals surface area contributed by atoms with Gasteiger partial charge in [0.2, 0.25) is 0 Å². The summed E-state index contributed by atoms with van der Waals surface area (Å²) < 4.78 is 33.5. The van der Waals surface area contributed by atoms with Crippen molar-refractivity contribution < 1.29 is 13.2 Å². The minimum absolute atomic E-state index is 0.115. The molecule has 0 unspecified atom stereocenters. The molecule has 6 nitrogen and oxygen atoms in total. The van der Waals surface area contributed by atoms with Gasteiger partial charge in [-0.05, 0) is 68.0 Å². The van der Waals surface area contributed by atoms with Gasteiger partial charge in [0.25, 0.3) is 10.0 Å². The van der Waals surface area contributed by atoms with Crippen LogP contribution in [0.15, 0.2) is 35.4 Å². The number of piperidine rings is 1. The van der Waals surface area contributed by atoms with Crippen LogP contribution in [-0.2, 0) is 10.0 Å². The Morgan fingerprint density at radius 2 is 1.81 bits per heavy atom. The third kappa shape index (κ3) is 4.35. The van der Waals surface area contributed by atoms with E-state index in [4.69, 9.17) is 4.74 Å². The summed E-state index contributed by atoms with van der Waals surface area (Å²) in [7, 11) is -2.32. The first-order chi connectivity index (χ1) is 12.8. The van der Waals surface area contributed by atoms with Gasteiger partial charge in [0.05, 0.1) is 19.0 Å². The van der Waals surface area contributed by atoms with E-state index in [0.717, 1.165) is 35.8 Å². The summed E-state index contributed by atoms with van der Waals surface area (Å²) in [6.45, 7) is 8.08. The predicted molar refractivity (Wildman–Crippen MR) is 108 cm³/mol. The summed E-state index contributed by atoms with van der Waals surface area (Å²) >= 11 is 0. The van der Waals surface area contributed by atoms with E-state index in [1.54, 1.807) is 24.4 Å². The molecule has 27 heavy (non-hydrogen) atoms. The molecule has 0 amide bonds. The molecular formula is C20H27N3O3S. The molecule has 1 fully saturated rings. The lowest BCUT2D eigenvalue weighted by Crippen LogP contribution is -2.32. The van der Waals surface area contributed by atoms with Crippen molar-refractivity contribution in [1.29, 1.82) is 0 Å². The topological polar surface area (TPSA) is 71.5 Å². The third-order valence-corrected chi connectivity index (χ3v) is 6.58. The maximum absolute atomic E-state index is 12.8. The number of aromatic nitrogens is 1. The van der Waals surface area contributed by atoms with E-state index in [2.05, 4.69) is 21.5 Å².